The molecule has 1 N–H and O–H groups in total. The zero-order chi connectivity index (χ0) is 20.8. The number of carbonyl (C=O) groups is 3. The summed E-state index contributed by atoms with van der Waals surface area (Å²) in [6.07, 6.45) is -1.41. The van der Waals surface area contributed by atoms with Gasteiger partial charge in [0.15, 0.2) is 6.10 Å². The minimum absolute atomic E-state index is 0.0243. The zero-order valence-electron chi connectivity index (χ0n) is 16.3. The van der Waals surface area contributed by atoms with Gasteiger partial charge in [-0.3, -0.25) is 9.59 Å². The number of hydrogen-bond acceptors (Lipinski definition) is 6. The molecule has 2 aromatic rings. The van der Waals surface area contributed by atoms with Crippen molar-refractivity contribution in [2.24, 2.45) is 0 Å². The summed E-state index contributed by atoms with van der Waals surface area (Å²) in [6, 6.07) is 16.1. The highest BCUT2D eigenvalue weighted by molar-refractivity contribution is 5.79. The molecule has 29 heavy (non-hydrogen) atoms. The fraction of sp³-hybridized carbons (Fsp3) is 0.318. The van der Waals surface area contributed by atoms with Crippen LogP contribution in [-0.4, -0.2) is 43.9 Å². The first-order chi connectivity index (χ1) is 14.0. The van der Waals surface area contributed by atoms with Gasteiger partial charge < -0.3 is 19.5 Å². The molecule has 2 aromatic carbocycles. The summed E-state index contributed by atoms with van der Waals surface area (Å²) in [5, 5.41) is 2.55. The number of nitrogens with one attached hydrogen (secondary N) is 1. The lowest BCUT2D eigenvalue weighted by atomic mass is 9.98. The van der Waals surface area contributed by atoms with E-state index in [-0.39, 0.29) is 25.7 Å². The highest BCUT2D eigenvalue weighted by Gasteiger charge is 2.29. The number of alkyl carbamates (subject to hydrolysis) is 1. The molecular formula is C22H23NO6. The van der Waals surface area contributed by atoms with E-state index in [1.54, 1.807) is 0 Å². The van der Waals surface area contributed by atoms with Gasteiger partial charge in [0, 0.05) is 19.8 Å². The number of carbonyl (C=O) groups excluding carboxylic acids is 3. The Morgan fingerprint density at radius 3 is 2.03 bits per heavy atom. The van der Waals surface area contributed by atoms with E-state index in [1.165, 1.54) is 13.8 Å². The monoisotopic (exact) mass is 397 g/mol. The van der Waals surface area contributed by atoms with E-state index >= 15 is 0 Å². The Bertz CT molecular complexity index is 864. The number of rotatable bonds is 7. The van der Waals surface area contributed by atoms with Crippen molar-refractivity contribution >= 4 is 18.0 Å². The van der Waals surface area contributed by atoms with Crippen molar-refractivity contribution in [3.63, 3.8) is 0 Å². The SMILES string of the molecule is CC(=O)OC[C@@H](CNC(=O)OCC1c2ccccc2-c2ccccc21)OC(C)=O. The first kappa shape index (κ1) is 20.4. The van der Waals surface area contributed by atoms with Crippen molar-refractivity contribution in [1.29, 1.82) is 0 Å². The van der Waals surface area contributed by atoms with Gasteiger partial charge in [0.05, 0.1) is 6.54 Å². The smallest absolute Gasteiger partial charge is 0.407 e. The lowest BCUT2D eigenvalue weighted by Crippen LogP contribution is -2.38. The summed E-state index contributed by atoms with van der Waals surface area (Å²) < 4.78 is 15.3. The molecule has 0 radical (unpaired) electrons. The van der Waals surface area contributed by atoms with Crippen LogP contribution in [0.4, 0.5) is 4.79 Å². The van der Waals surface area contributed by atoms with Crippen LogP contribution in [0.25, 0.3) is 11.1 Å². The molecule has 1 aliphatic carbocycles. The third-order valence-electron chi connectivity index (χ3n) is 4.62. The van der Waals surface area contributed by atoms with E-state index in [0.717, 1.165) is 22.3 Å². The maximum Gasteiger partial charge on any atom is 0.407 e. The van der Waals surface area contributed by atoms with E-state index in [9.17, 15) is 14.4 Å². The van der Waals surface area contributed by atoms with Crippen LogP contribution in [0.15, 0.2) is 48.5 Å². The van der Waals surface area contributed by atoms with Crippen LogP contribution in [0.3, 0.4) is 0 Å². The molecule has 0 aromatic heterocycles. The molecular weight excluding hydrogens is 374 g/mol. The molecule has 7 heteroatoms. The molecule has 0 unspecified atom stereocenters. The fourth-order valence-electron chi connectivity index (χ4n) is 3.43. The van der Waals surface area contributed by atoms with Crippen LogP contribution >= 0.6 is 0 Å². The van der Waals surface area contributed by atoms with Crippen molar-refractivity contribution in [1.82, 2.24) is 5.32 Å². The molecule has 7 nitrogen and oxygen atoms in total. The molecule has 1 amide bonds. The summed E-state index contributed by atoms with van der Waals surface area (Å²) in [5.74, 6) is -1.07. The van der Waals surface area contributed by atoms with Crippen LogP contribution in [0.1, 0.15) is 30.9 Å². The molecule has 0 bridgehead atoms. The third kappa shape index (κ3) is 5.13. The van der Waals surface area contributed by atoms with Gasteiger partial charge >= 0.3 is 18.0 Å². The molecule has 0 aliphatic heterocycles. The van der Waals surface area contributed by atoms with Crippen molar-refractivity contribution in [3.05, 3.63) is 59.7 Å². The van der Waals surface area contributed by atoms with E-state index in [0.29, 0.717) is 0 Å². The second-order valence-corrected chi connectivity index (χ2v) is 6.74. The van der Waals surface area contributed by atoms with Gasteiger partial charge in [0.1, 0.15) is 13.2 Å². The quantitative estimate of drug-likeness (QED) is 0.570. The van der Waals surface area contributed by atoms with Crippen LogP contribution in [0.2, 0.25) is 0 Å². The number of amides is 1. The minimum Gasteiger partial charge on any atom is -0.462 e. The molecule has 0 fully saturated rings. The number of hydrogen-bond donors (Lipinski definition) is 1. The Hall–Kier alpha value is -3.35. The second kappa shape index (κ2) is 9.23. The van der Waals surface area contributed by atoms with Gasteiger partial charge in [-0.05, 0) is 22.3 Å². The lowest BCUT2D eigenvalue weighted by molar-refractivity contribution is -0.155. The van der Waals surface area contributed by atoms with Crippen LogP contribution in [0.5, 0.6) is 0 Å². The number of benzene rings is 2. The van der Waals surface area contributed by atoms with E-state index in [2.05, 4.69) is 17.4 Å². The molecule has 0 spiro atoms. The average molecular weight is 397 g/mol. The Morgan fingerprint density at radius 2 is 1.48 bits per heavy atom. The molecule has 152 valence electrons. The predicted molar refractivity (Wildman–Crippen MR) is 105 cm³/mol. The zero-order valence-corrected chi connectivity index (χ0v) is 16.3. The van der Waals surface area contributed by atoms with E-state index in [1.807, 2.05) is 36.4 Å². The Kier molecular flexibility index (Phi) is 6.49. The molecule has 0 saturated heterocycles. The summed E-state index contributed by atoms with van der Waals surface area (Å²) in [7, 11) is 0. The summed E-state index contributed by atoms with van der Waals surface area (Å²) in [6.45, 7) is 2.52. The van der Waals surface area contributed by atoms with Crippen molar-refractivity contribution < 1.29 is 28.6 Å². The number of esters is 2. The second-order valence-electron chi connectivity index (χ2n) is 6.74. The Morgan fingerprint density at radius 1 is 0.897 bits per heavy atom. The summed E-state index contributed by atoms with van der Waals surface area (Å²) in [4.78, 5) is 34.3. The van der Waals surface area contributed by atoms with Crippen molar-refractivity contribution in [2.75, 3.05) is 19.8 Å². The normalized spacial score (nSPS) is 13.0. The van der Waals surface area contributed by atoms with Gasteiger partial charge in [-0.2, -0.15) is 0 Å². The lowest BCUT2D eigenvalue weighted by Gasteiger charge is -2.18. The minimum atomic E-state index is -0.781. The summed E-state index contributed by atoms with van der Waals surface area (Å²) in [5.41, 5.74) is 4.53. The molecule has 0 saturated carbocycles. The maximum atomic E-state index is 12.2. The van der Waals surface area contributed by atoms with Crippen molar-refractivity contribution in [2.45, 2.75) is 25.9 Å². The van der Waals surface area contributed by atoms with Gasteiger partial charge in [-0.1, -0.05) is 48.5 Å². The molecule has 3 rings (SSSR count). The van der Waals surface area contributed by atoms with Gasteiger partial charge in [0.2, 0.25) is 0 Å². The highest BCUT2D eigenvalue weighted by Crippen LogP contribution is 2.44. The first-order valence-electron chi connectivity index (χ1n) is 9.35. The number of fused-ring (bicyclic) bond motifs is 3. The van der Waals surface area contributed by atoms with E-state index < -0.39 is 24.1 Å². The third-order valence-corrected chi connectivity index (χ3v) is 4.62. The van der Waals surface area contributed by atoms with Gasteiger partial charge in [-0.15, -0.1) is 0 Å². The first-order valence-corrected chi connectivity index (χ1v) is 9.35. The largest absolute Gasteiger partial charge is 0.462 e. The molecule has 1 aliphatic rings. The Labute approximate surface area is 169 Å². The predicted octanol–water partition coefficient (Wildman–Crippen LogP) is 3.02. The van der Waals surface area contributed by atoms with Gasteiger partial charge in [0.25, 0.3) is 0 Å². The van der Waals surface area contributed by atoms with Gasteiger partial charge in [-0.25, -0.2) is 4.79 Å². The molecule has 1 atom stereocenters. The standard InChI is InChI=1S/C22H23NO6/c1-14(24)27-12-16(29-15(2)25)11-23-22(26)28-13-21-19-9-5-3-7-17(19)18-8-4-6-10-20(18)21/h3-10,16,21H,11-13H2,1-2H3,(H,23,26)/t16-/m1/s1. The van der Waals surface area contributed by atoms with E-state index in [4.69, 9.17) is 14.2 Å². The van der Waals surface area contributed by atoms with Crippen LogP contribution < -0.4 is 5.32 Å². The highest BCUT2D eigenvalue weighted by atomic mass is 16.6. The van der Waals surface area contributed by atoms with Crippen molar-refractivity contribution in [3.8, 4) is 11.1 Å². The van der Waals surface area contributed by atoms with Crippen LogP contribution in [0, 0.1) is 0 Å². The fourth-order valence-corrected chi connectivity index (χ4v) is 3.43. The Balaban J connectivity index is 1.58. The maximum absolute atomic E-state index is 12.2. The summed E-state index contributed by atoms with van der Waals surface area (Å²) >= 11 is 0. The van der Waals surface area contributed by atoms with Crippen LogP contribution in [-0.2, 0) is 23.8 Å². The number of ether oxygens (including phenoxy) is 3. The average Bonchev–Trinajstić information content (AvgIpc) is 3.02. The topological polar surface area (TPSA) is 90.9 Å². The molecule has 0 heterocycles.